The van der Waals surface area contributed by atoms with E-state index in [9.17, 15) is 9.90 Å². The van der Waals surface area contributed by atoms with Crippen molar-refractivity contribution < 1.29 is 14.6 Å². The second-order valence-electron chi connectivity index (χ2n) is 4.63. The molecule has 0 aromatic carbocycles. The third-order valence-corrected chi connectivity index (χ3v) is 3.50. The fourth-order valence-electron chi connectivity index (χ4n) is 2.49. The van der Waals surface area contributed by atoms with Crippen molar-refractivity contribution in [2.24, 2.45) is 5.92 Å². The summed E-state index contributed by atoms with van der Waals surface area (Å²) in [6.45, 7) is 2.71. The zero-order valence-corrected chi connectivity index (χ0v) is 9.69. The molecule has 16 heavy (non-hydrogen) atoms. The molecule has 0 aromatic heterocycles. The van der Waals surface area contributed by atoms with Gasteiger partial charge in [-0.05, 0) is 19.4 Å². The Balaban J connectivity index is 1.90. The van der Waals surface area contributed by atoms with Gasteiger partial charge in [0.1, 0.15) is 6.10 Å². The number of β-amino-alcohol motifs (C(OH)–C–C–N with tert-alkyl or cyclic N) is 1. The zero-order valence-electron chi connectivity index (χ0n) is 9.69. The van der Waals surface area contributed by atoms with Crippen LogP contribution in [0.1, 0.15) is 12.8 Å². The lowest BCUT2D eigenvalue weighted by molar-refractivity contribution is -0.135. The molecule has 2 saturated heterocycles. The molecule has 0 unspecified atom stereocenters. The van der Waals surface area contributed by atoms with Crippen molar-refractivity contribution >= 4 is 5.91 Å². The minimum atomic E-state index is -0.537. The average Bonchev–Trinajstić information content (AvgIpc) is 2.71. The molecule has 2 heterocycles. The smallest absolute Gasteiger partial charge is 0.227 e. The Labute approximate surface area is 95.8 Å². The van der Waals surface area contributed by atoms with Crippen LogP contribution in [0.15, 0.2) is 0 Å². The van der Waals surface area contributed by atoms with Gasteiger partial charge < -0.3 is 20.1 Å². The summed E-state index contributed by atoms with van der Waals surface area (Å²) in [7, 11) is 1.57. The van der Waals surface area contributed by atoms with Gasteiger partial charge >= 0.3 is 0 Å². The molecule has 5 nitrogen and oxygen atoms in total. The Morgan fingerprint density at radius 2 is 2.31 bits per heavy atom. The first-order chi connectivity index (χ1) is 7.72. The molecular formula is C11H20N2O3. The van der Waals surface area contributed by atoms with E-state index < -0.39 is 6.10 Å². The monoisotopic (exact) mass is 228 g/mol. The van der Waals surface area contributed by atoms with Crippen molar-refractivity contribution in [2.75, 3.05) is 33.3 Å². The summed E-state index contributed by atoms with van der Waals surface area (Å²) < 4.78 is 5.13. The number of hydrogen-bond acceptors (Lipinski definition) is 4. The molecule has 92 valence electrons. The minimum absolute atomic E-state index is 0.0801. The van der Waals surface area contributed by atoms with Crippen molar-refractivity contribution in [1.29, 1.82) is 0 Å². The molecule has 0 radical (unpaired) electrons. The van der Waals surface area contributed by atoms with Crippen LogP contribution in [0.4, 0.5) is 0 Å². The number of aliphatic hydroxyl groups is 1. The van der Waals surface area contributed by atoms with E-state index in [1.165, 1.54) is 0 Å². The number of nitrogens with zero attached hydrogens (tertiary/aromatic N) is 1. The number of carbonyl (C=O) groups excluding carboxylic acids is 1. The van der Waals surface area contributed by atoms with E-state index >= 15 is 0 Å². The second-order valence-corrected chi connectivity index (χ2v) is 4.63. The predicted octanol–water partition coefficient (Wildman–Crippen LogP) is -0.796. The van der Waals surface area contributed by atoms with Gasteiger partial charge in [0.05, 0.1) is 12.0 Å². The summed E-state index contributed by atoms with van der Waals surface area (Å²) in [5, 5.41) is 12.9. The minimum Gasteiger partial charge on any atom is -0.388 e. The van der Waals surface area contributed by atoms with Crippen molar-refractivity contribution in [2.45, 2.75) is 25.0 Å². The van der Waals surface area contributed by atoms with Crippen molar-refractivity contribution in [3.63, 3.8) is 0 Å². The lowest BCUT2D eigenvalue weighted by atomic mass is 9.98. The number of methoxy groups -OCH3 is 1. The summed E-state index contributed by atoms with van der Waals surface area (Å²) in [6.07, 6.45) is 1.25. The maximum Gasteiger partial charge on any atom is 0.227 e. The summed E-state index contributed by atoms with van der Waals surface area (Å²) in [6, 6.07) is 0. The lowest BCUT2D eigenvalue weighted by Crippen LogP contribution is -2.42. The lowest BCUT2D eigenvalue weighted by Gasteiger charge is -2.26. The SMILES string of the molecule is CO[C@@H]1CN(C(=O)[C@@H]2CCCNC2)C[C@@H]1O. The Bertz CT molecular complexity index is 254. The molecule has 2 rings (SSSR count). The first-order valence-electron chi connectivity index (χ1n) is 5.92. The number of amides is 1. The fraction of sp³-hybridized carbons (Fsp3) is 0.909. The maximum absolute atomic E-state index is 12.1. The molecule has 0 aliphatic carbocycles. The molecule has 5 heteroatoms. The average molecular weight is 228 g/mol. The highest BCUT2D eigenvalue weighted by atomic mass is 16.5. The summed E-state index contributed by atoms with van der Waals surface area (Å²) >= 11 is 0. The van der Waals surface area contributed by atoms with Gasteiger partial charge in [0.15, 0.2) is 0 Å². The highest BCUT2D eigenvalue weighted by Gasteiger charge is 2.36. The van der Waals surface area contributed by atoms with Gasteiger partial charge in [-0.25, -0.2) is 0 Å². The molecule has 2 N–H and O–H groups in total. The maximum atomic E-state index is 12.1. The number of rotatable bonds is 2. The van der Waals surface area contributed by atoms with Gasteiger partial charge in [-0.15, -0.1) is 0 Å². The first-order valence-corrected chi connectivity index (χ1v) is 5.92. The number of aliphatic hydroxyl groups excluding tert-OH is 1. The number of ether oxygens (including phenoxy) is 1. The molecule has 1 amide bonds. The molecule has 0 bridgehead atoms. The standard InChI is InChI=1S/C11H20N2O3/c1-16-10-7-13(6-9(10)14)11(15)8-3-2-4-12-5-8/h8-10,12,14H,2-7H2,1H3/t8-,9+,10-/m1/s1. The van der Waals surface area contributed by atoms with Gasteiger partial charge in [0, 0.05) is 26.7 Å². The topological polar surface area (TPSA) is 61.8 Å². The third-order valence-electron chi connectivity index (χ3n) is 3.50. The van der Waals surface area contributed by atoms with E-state index in [1.807, 2.05) is 0 Å². The molecule has 0 aromatic rings. The van der Waals surface area contributed by atoms with Crippen LogP contribution in [-0.4, -0.2) is 61.4 Å². The van der Waals surface area contributed by atoms with E-state index in [2.05, 4.69) is 5.32 Å². The fourth-order valence-corrected chi connectivity index (χ4v) is 2.49. The molecular weight excluding hydrogens is 208 g/mol. The van der Waals surface area contributed by atoms with Crippen LogP contribution in [0.25, 0.3) is 0 Å². The van der Waals surface area contributed by atoms with Gasteiger partial charge in [-0.3, -0.25) is 4.79 Å². The van der Waals surface area contributed by atoms with E-state index in [0.29, 0.717) is 13.1 Å². The van der Waals surface area contributed by atoms with Crippen LogP contribution in [0.5, 0.6) is 0 Å². The Hall–Kier alpha value is -0.650. The Morgan fingerprint density at radius 3 is 2.88 bits per heavy atom. The number of nitrogens with one attached hydrogen (secondary N) is 1. The van der Waals surface area contributed by atoms with Crippen LogP contribution in [0.3, 0.4) is 0 Å². The summed E-state index contributed by atoms with van der Waals surface area (Å²) in [4.78, 5) is 13.9. The summed E-state index contributed by atoms with van der Waals surface area (Å²) in [5.74, 6) is 0.238. The Morgan fingerprint density at radius 1 is 1.50 bits per heavy atom. The van der Waals surface area contributed by atoms with Crippen molar-refractivity contribution in [1.82, 2.24) is 10.2 Å². The van der Waals surface area contributed by atoms with Crippen molar-refractivity contribution in [3.8, 4) is 0 Å². The van der Waals surface area contributed by atoms with E-state index in [-0.39, 0.29) is 17.9 Å². The van der Waals surface area contributed by atoms with Crippen LogP contribution < -0.4 is 5.32 Å². The van der Waals surface area contributed by atoms with E-state index in [1.54, 1.807) is 12.0 Å². The highest BCUT2D eigenvalue weighted by Crippen LogP contribution is 2.19. The number of likely N-dealkylation sites (tertiary alicyclic amines) is 1. The Kier molecular flexibility index (Phi) is 3.78. The second kappa shape index (κ2) is 5.12. The van der Waals surface area contributed by atoms with Crippen LogP contribution in [0.2, 0.25) is 0 Å². The van der Waals surface area contributed by atoms with Crippen LogP contribution in [-0.2, 0) is 9.53 Å². The predicted molar refractivity (Wildman–Crippen MR) is 59.0 cm³/mol. The molecule has 2 aliphatic heterocycles. The highest BCUT2D eigenvalue weighted by molar-refractivity contribution is 5.79. The molecule has 3 atom stereocenters. The normalized spacial score (nSPS) is 35.4. The van der Waals surface area contributed by atoms with Gasteiger partial charge in [-0.1, -0.05) is 0 Å². The quantitative estimate of drug-likeness (QED) is 0.650. The van der Waals surface area contributed by atoms with Gasteiger partial charge in [0.2, 0.25) is 5.91 Å². The van der Waals surface area contributed by atoms with Gasteiger partial charge in [0.25, 0.3) is 0 Å². The molecule has 0 spiro atoms. The molecule has 2 fully saturated rings. The molecule has 2 aliphatic rings. The van der Waals surface area contributed by atoms with Crippen LogP contribution >= 0.6 is 0 Å². The molecule has 0 saturated carbocycles. The van der Waals surface area contributed by atoms with Crippen LogP contribution in [0, 0.1) is 5.92 Å². The van der Waals surface area contributed by atoms with E-state index in [4.69, 9.17) is 4.74 Å². The zero-order chi connectivity index (χ0) is 11.5. The number of piperidine rings is 1. The van der Waals surface area contributed by atoms with Crippen molar-refractivity contribution in [3.05, 3.63) is 0 Å². The number of carbonyl (C=O) groups is 1. The number of hydrogen-bond donors (Lipinski definition) is 2. The van der Waals surface area contributed by atoms with E-state index in [0.717, 1.165) is 25.9 Å². The van der Waals surface area contributed by atoms with Gasteiger partial charge in [-0.2, -0.15) is 0 Å². The first kappa shape index (κ1) is 11.8. The largest absolute Gasteiger partial charge is 0.388 e. The summed E-state index contributed by atoms with van der Waals surface area (Å²) in [5.41, 5.74) is 0. The third kappa shape index (κ3) is 2.36.